The van der Waals surface area contributed by atoms with Gasteiger partial charge in [0.05, 0.1) is 0 Å². The molecule has 0 unspecified atom stereocenters. The monoisotopic (exact) mass is 354 g/mol. The second-order valence-corrected chi connectivity index (χ2v) is 6.92. The largest absolute Gasteiger partial charge is 0.347 e. The van der Waals surface area contributed by atoms with Crippen molar-refractivity contribution in [1.29, 1.82) is 0 Å². The fraction of sp³-hybridized carbons (Fsp3) is 0.429. The summed E-state index contributed by atoms with van der Waals surface area (Å²) in [5.74, 6) is 1.79. The molecule has 1 aromatic heterocycles. The van der Waals surface area contributed by atoms with Gasteiger partial charge < -0.3 is 4.90 Å². The van der Waals surface area contributed by atoms with E-state index < -0.39 is 0 Å². The van der Waals surface area contributed by atoms with Gasteiger partial charge >= 0.3 is 0 Å². The van der Waals surface area contributed by atoms with Gasteiger partial charge in [0.2, 0.25) is 5.95 Å². The van der Waals surface area contributed by atoms with Crippen LogP contribution in [-0.2, 0) is 5.75 Å². The molecule has 6 heteroatoms. The molecule has 2 rings (SSSR count). The first-order valence-electron chi connectivity index (χ1n) is 6.48. The van der Waals surface area contributed by atoms with Gasteiger partial charge in [-0.3, -0.25) is 4.57 Å². The molecule has 0 aliphatic carbocycles. The van der Waals surface area contributed by atoms with Crippen LogP contribution < -0.4 is 4.90 Å². The fourth-order valence-corrected chi connectivity index (χ4v) is 3.35. The Hall–Kier alpha value is -1.01. The Morgan fingerprint density at radius 2 is 2.05 bits per heavy atom. The van der Waals surface area contributed by atoms with Gasteiger partial charge in [0, 0.05) is 30.4 Å². The van der Waals surface area contributed by atoms with Crippen LogP contribution in [0, 0.1) is 0 Å². The summed E-state index contributed by atoms with van der Waals surface area (Å²) >= 11 is 5.22. The highest BCUT2D eigenvalue weighted by Crippen LogP contribution is 2.28. The van der Waals surface area contributed by atoms with Crippen molar-refractivity contribution in [2.45, 2.75) is 30.8 Å². The zero-order chi connectivity index (χ0) is 14.7. The molecule has 0 fully saturated rings. The van der Waals surface area contributed by atoms with Crippen molar-refractivity contribution in [2.75, 3.05) is 19.0 Å². The molecule has 2 aromatic rings. The first kappa shape index (κ1) is 15.4. The minimum absolute atomic E-state index is 0.340. The zero-order valence-corrected chi connectivity index (χ0v) is 14.6. The number of anilines is 1. The SMILES string of the molecule is CC(C)n1c(SCc2cccc(Br)c2)nnc1N(C)C. The molecule has 108 valence electrons. The maximum atomic E-state index is 4.32. The fourth-order valence-electron chi connectivity index (χ4n) is 1.90. The second-order valence-electron chi connectivity index (χ2n) is 5.06. The van der Waals surface area contributed by atoms with Gasteiger partial charge in [-0.25, -0.2) is 0 Å². The molecule has 0 radical (unpaired) electrons. The summed E-state index contributed by atoms with van der Waals surface area (Å²) in [6, 6.07) is 8.69. The Morgan fingerprint density at radius 3 is 2.65 bits per heavy atom. The van der Waals surface area contributed by atoms with Crippen molar-refractivity contribution in [1.82, 2.24) is 14.8 Å². The van der Waals surface area contributed by atoms with E-state index in [9.17, 15) is 0 Å². The lowest BCUT2D eigenvalue weighted by Crippen LogP contribution is -2.17. The Balaban J connectivity index is 2.17. The highest BCUT2D eigenvalue weighted by molar-refractivity contribution is 9.10. The lowest BCUT2D eigenvalue weighted by Gasteiger charge is -2.17. The molecule has 0 saturated carbocycles. The molecule has 0 saturated heterocycles. The number of aromatic nitrogens is 3. The van der Waals surface area contributed by atoms with Crippen LogP contribution in [0.4, 0.5) is 5.95 Å². The minimum Gasteiger partial charge on any atom is -0.347 e. The van der Waals surface area contributed by atoms with E-state index in [1.54, 1.807) is 11.8 Å². The molecule has 4 nitrogen and oxygen atoms in total. The molecular weight excluding hydrogens is 336 g/mol. The van der Waals surface area contributed by atoms with Crippen LogP contribution in [0.15, 0.2) is 33.9 Å². The number of hydrogen-bond acceptors (Lipinski definition) is 4. The topological polar surface area (TPSA) is 34.0 Å². The van der Waals surface area contributed by atoms with Crippen LogP contribution in [0.2, 0.25) is 0 Å². The number of thioether (sulfide) groups is 1. The summed E-state index contributed by atoms with van der Waals surface area (Å²) < 4.78 is 3.28. The highest BCUT2D eigenvalue weighted by atomic mass is 79.9. The normalized spacial score (nSPS) is 11.1. The minimum atomic E-state index is 0.340. The summed E-state index contributed by atoms with van der Waals surface area (Å²) in [4.78, 5) is 2.00. The molecule has 1 aromatic carbocycles. The van der Waals surface area contributed by atoms with Crippen molar-refractivity contribution in [3.05, 3.63) is 34.3 Å². The lowest BCUT2D eigenvalue weighted by atomic mass is 10.2. The van der Waals surface area contributed by atoms with E-state index in [1.165, 1.54) is 5.56 Å². The van der Waals surface area contributed by atoms with Gasteiger partial charge in [-0.2, -0.15) is 0 Å². The molecule has 0 aliphatic rings. The van der Waals surface area contributed by atoms with E-state index in [0.717, 1.165) is 21.3 Å². The summed E-state index contributed by atoms with van der Waals surface area (Å²) in [7, 11) is 3.98. The number of rotatable bonds is 5. The standard InChI is InChI=1S/C14H19BrN4S/c1-10(2)19-13(18(3)4)16-17-14(19)20-9-11-6-5-7-12(15)8-11/h5-8,10H,9H2,1-4H3. The van der Waals surface area contributed by atoms with Gasteiger partial charge in [0.1, 0.15) is 0 Å². The van der Waals surface area contributed by atoms with E-state index in [4.69, 9.17) is 0 Å². The van der Waals surface area contributed by atoms with Crippen molar-refractivity contribution >= 4 is 33.6 Å². The van der Waals surface area contributed by atoms with E-state index in [2.05, 4.69) is 62.7 Å². The van der Waals surface area contributed by atoms with Gasteiger partial charge in [-0.05, 0) is 31.5 Å². The maximum absolute atomic E-state index is 4.32. The summed E-state index contributed by atoms with van der Waals surface area (Å²) in [5.41, 5.74) is 1.27. The predicted molar refractivity (Wildman–Crippen MR) is 88.4 cm³/mol. The van der Waals surface area contributed by atoms with Crippen LogP contribution in [0.5, 0.6) is 0 Å². The Bertz CT molecular complexity index is 580. The van der Waals surface area contributed by atoms with Gasteiger partial charge in [-0.15, -0.1) is 10.2 Å². The number of nitrogens with zero attached hydrogens (tertiary/aromatic N) is 4. The smallest absolute Gasteiger partial charge is 0.227 e. The Kier molecular flexibility index (Phi) is 5.10. The third-order valence-electron chi connectivity index (χ3n) is 2.82. The molecule has 0 N–H and O–H groups in total. The lowest BCUT2D eigenvalue weighted by molar-refractivity contribution is 0.549. The van der Waals surface area contributed by atoms with Gasteiger partial charge in [0.25, 0.3) is 0 Å². The average Bonchev–Trinajstić information content (AvgIpc) is 2.80. The zero-order valence-electron chi connectivity index (χ0n) is 12.2. The molecule has 20 heavy (non-hydrogen) atoms. The Labute approximate surface area is 132 Å². The molecular formula is C14H19BrN4S. The second kappa shape index (κ2) is 6.63. The van der Waals surface area contributed by atoms with E-state index in [0.29, 0.717) is 6.04 Å². The third kappa shape index (κ3) is 3.55. The van der Waals surface area contributed by atoms with Gasteiger partial charge in [-0.1, -0.05) is 39.8 Å². The molecule has 1 heterocycles. The number of halogens is 1. The Morgan fingerprint density at radius 1 is 1.30 bits per heavy atom. The summed E-state index contributed by atoms with van der Waals surface area (Å²) in [5, 5.41) is 9.56. The summed E-state index contributed by atoms with van der Waals surface area (Å²) in [6.07, 6.45) is 0. The molecule has 0 aliphatic heterocycles. The first-order chi connectivity index (χ1) is 9.49. The predicted octanol–water partition coefficient (Wildman–Crippen LogP) is 3.98. The molecule has 0 bridgehead atoms. The van der Waals surface area contributed by atoms with Crippen molar-refractivity contribution < 1.29 is 0 Å². The van der Waals surface area contributed by atoms with E-state index >= 15 is 0 Å². The molecule has 0 amide bonds. The molecule has 0 spiro atoms. The van der Waals surface area contributed by atoms with Crippen LogP contribution in [-0.4, -0.2) is 28.9 Å². The molecule has 0 atom stereocenters. The highest BCUT2D eigenvalue weighted by Gasteiger charge is 2.16. The first-order valence-corrected chi connectivity index (χ1v) is 8.26. The van der Waals surface area contributed by atoms with Crippen LogP contribution in [0.25, 0.3) is 0 Å². The van der Waals surface area contributed by atoms with Crippen molar-refractivity contribution in [3.8, 4) is 0 Å². The van der Waals surface area contributed by atoms with E-state index in [1.807, 2.05) is 25.1 Å². The number of benzene rings is 1. The van der Waals surface area contributed by atoms with Crippen LogP contribution in [0.3, 0.4) is 0 Å². The quantitative estimate of drug-likeness (QED) is 0.760. The van der Waals surface area contributed by atoms with E-state index in [-0.39, 0.29) is 0 Å². The van der Waals surface area contributed by atoms with Crippen LogP contribution in [0.1, 0.15) is 25.5 Å². The van der Waals surface area contributed by atoms with Gasteiger partial charge in [0.15, 0.2) is 5.16 Å². The maximum Gasteiger partial charge on any atom is 0.227 e. The van der Waals surface area contributed by atoms with Crippen LogP contribution >= 0.6 is 27.7 Å². The third-order valence-corrected chi connectivity index (χ3v) is 4.33. The summed E-state index contributed by atoms with van der Waals surface area (Å²) in [6.45, 7) is 4.30. The van der Waals surface area contributed by atoms with Crippen molar-refractivity contribution in [2.24, 2.45) is 0 Å². The number of hydrogen-bond donors (Lipinski definition) is 0. The van der Waals surface area contributed by atoms with Crippen molar-refractivity contribution in [3.63, 3.8) is 0 Å². The average molecular weight is 355 g/mol.